The van der Waals surface area contributed by atoms with Crippen LogP contribution in [-0.2, 0) is 4.79 Å². The molecule has 0 amide bonds. The number of thiophene rings is 1. The lowest BCUT2D eigenvalue weighted by Gasteiger charge is -2.18. The molecule has 0 aromatic carbocycles. The molecule has 0 saturated carbocycles. The Hall–Kier alpha value is -1.67. The van der Waals surface area contributed by atoms with E-state index in [2.05, 4.69) is 0 Å². The van der Waals surface area contributed by atoms with Crippen molar-refractivity contribution in [3.05, 3.63) is 26.9 Å². The highest BCUT2D eigenvalue weighted by Crippen LogP contribution is 2.20. The molecule has 1 aromatic heterocycles. The molecule has 0 aliphatic heterocycles. The number of hydrazine groups is 1. The van der Waals surface area contributed by atoms with Crippen LogP contribution in [0.3, 0.4) is 0 Å². The molecule has 0 unspecified atom stereocenters. The standard InChI is InChI=1S/C7H9N3O4S/c8-3-6(7(11)12)9(10(13)14)5-1-2-15-4-5/h1-2,4,6H,3,8H2,(H,11,12)/t6-/m0/s1. The minimum atomic E-state index is -1.35. The quantitative estimate of drug-likeness (QED) is 0.551. The van der Waals surface area contributed by atoms with E-state index in [0.717, 1.165) is 0 Å². The number of anilines is 1. The van der Waals surface area contributed by atoms with Crippen LogP contribution in [0.4, 0.5) is 5.69 Å². The molecule has 1 atom stereocenters. The first kappa shape index (κ1) is 11.4. The molecule has 3 N–H and O–H groups in total. The molecule has 0 saturated heterocycles. The number of carboxylic acid groups (broad SMARTS) is 1. The van der Waals surface area contributed by atoms with Gasteiger partial charge in [-0.25, -0.2) is 14.9 Å². The second-order valence-electron chi connectivity index (χ2n) is 2.65. The Morgan fingerprint density at radius 1 is 1.80 bits per heavy atom. The second-order valence-corrected chi connectivity index (χ2v) is 3.43. The van der Waals surface area contributed by atoms with Crippen LogP contribution in [-0.4, -0.2) is 28.7 Å². The molecule has 15 heavy (non-hydrogen) atoms. The lowest BCUT2D eigenvalue weighted by Crippen LogP contribution is -2.49. The van der Waals surface area contributed by atoms with Crippen molar-refractivity contribution in [2.75, 3.05) is 11.6 Å². The van der Waals surface area contributed by atoms with Crippen LogP contribution >= 0.6 is 11.3 Å². The third-order valence-electron chi connectivity index (χ3n) is 1.75. The maximum Gasteiger partial charge on any atom is 0.334 e. The van der Waals surface area contributed by atoms with Gasteiger partial charge in [-0.05, 0) is 11.4 Å². The summed E-state index contributed by atoms with van der Waals surface area (Å²) >= 11 is 1.25. The Morgan fingerprint density at radius 3 is 2.80 bits per heavy atom. The highest BCUT2D eigenvalue weighted by Gasteiger charge is 2.33. The van der Waals surface area contributed by atoms with Crippen molar-refractivity contribution < 1.29 is 14.9 Å². The average Bonchev–Trinajstić information content (AvgIpc) is 2.64. The van der Waals surface area contributed by atoms with Gasteiger partial charge < -0.3 is 10.8 Å². The zero-order chi connectivity index (χ0) is 11.4. The molecule has 0 aliphatic carbocycles. The summed E-state index contributed by atoms with van der Waals surface area (Å²) in [6.07, 6.45) is 0. The van der Waals surface area contributed by atoms with Gasteiger partial charge in [0, 0.05) is 11.9 Å². The van der Waals surface area contributed by atoms with Crippen molar-refractivity contribution >= 4 is 23.0 Å². The van der Waals surface area contributed by atoms with Crippen LogP contribution in [0.2, 0.25) is 0 Å². The first-order chi connectivity index (χ1) is 7.07. The smallest absolute Gasteiger partial charge is 0.334 e. The summed E-state index contributed by atoms with van der Waals surface area (Å²) in [5.74, 6) is -1.32. The summed E-state index contributed by atoms with van der Waals surface area (Å²) in [7, 11) is 0. The number of carbonyl (C=O) groups is 1. The number of rotatable bonds is 5. The average molecular weight is 231 g/mol. The summed E-state index contributed by atoms with van der Waals surface area (Å²) in [5.41, 5.74) is 5.42. The van der Waals surface area contributed by atoms with Crippen molar-refractivity contribution in [2.24, 2.45) is 5.73 Å². The van der Waals surface area contributed by atoms with Crippen LogP contribution in [0.1, 0.15) is 0 Å². The Labute approximate surface area is 88.8 Å². The van der Waals surface area contributed by atoms with Gasteiger partial charge in [-0.3, -0.25) is 0 Å². The SMILES string of the molecule is NC[C@@H](C(=O)O)N(c1ccsc1)[N+](=O)[O-]. The first-order valence-electron chi connectivity index (χ1n) is 3.96. The van der Waals surface area contributed by atoms with E-state index in [0.29, 0.717) is 5.01 Å². The van der Waals surface area contributed by atoms with Gasteiger partial charge in [-0.1, -0.05) is 5.01 Å². The summed E-state index contributed by atoms with van der Waals surface area (Å²) < 4.78 is 0. The van der Waals surface area contributed by atoms with E-state index >= 15 is 0 Å². The van der Waals surface area contributed by atoms with Crippen molar-refractivity contribution in [3.63, 3.8) is 0 Å². The molecule has 0 spiro atoms. The van der Waals surface area contributed by atoms with Crippen molar-refractivity contribution in [2.45, 2.75) is 6.04 Å². The monoisotopic (exact) mass is 231 g/mol. The van der Waals surface area contributed by atoms with Gasteiger partial charge in [0.05, 0.1) is 0 Å². The molecular formula is C7H9N3O4S. The fraction of sp³-hybridized carbons (Fsp3) is 0.286. The van der Waals surface area contributed by atoms with Gasteiger partial charge in [-0.2, -0.15) is 0 Å². The fourth-order valence-electron chi connectivity index (χ4n) is 1.08. The van der Waals surface area contributed by atoms with E-state index in [1.165, 1.54) is 22.8 Å². The second kappa shape index (κ2) is 4.71. The highest BCUT2D eigenvalue weighted by molar-refractivity contribution is 7.08. The van der Waals surface area contributed by atoms with E-state index in [-0.39, 0.29) is 12.2 Å². The normalized spacial score (nSPS) is 12.1. The number of nitro groups is 1. The summed E-state index contributed by atoms with van der Waals surface area (Å²) in [4.78, 5) is 21.5. The van der Waals surface area contributed by atoms with E-state index in [9.17, 15) is 14.9 Å². The van der Waals surface area contributed by atoms with Crippen molar-refractivity contribution in [1.82, 2.24) is 0 Å². The van der Waals surface area contributed by atoms with Gasteiger partial charge in [0.15, 0.2) is 5.03 Å². The number of nitrogens with two attached hydrogens (primary N) is 1. The van der Waals surface area contributed by atoms with E-state index in [4.69, 9.17) is 10.8 Å². The molecule has 0 radical (unpaired) electrons. The lowest BCUT2D eigenvalue weighted by atomic mass is 10.3. The Morgan fingerprint density at radius 2 is 2.47 bits per heavy atom. The van der Waals surface area contributed by atoms with Gasteiger partial charge in [0.25, 0.3) is 0 Å². The minimum Gasteiger partial charge on any atom is -0.480 e. The third-order valence-corrected chi connectivity index (χ3v) is 2.42. The maximum atomic E-state index is 10.7. The number of hydrogen-bond donors (Lipinski definition) is 2. The van der Waals surface area contributed by atoms with Crippen LogP contribution in [0.25, 0.3) is 0 Å². The van der Waals surface area contributed by atoms with E-state index < -0.39 is 17.0 Å². The van der Waals surface area contributed by atoms with Crippen molar-refractivity contribution in [3.8, 4) is 0 Å². The van der Waals surface area contributed by atoms with E-state index in [1.807, 2.05) is 0 Å². The van der Waals surface area contributed by atoms with Crippen LogP contribution in [0, 0.1) is 10.1 Å². The molecule has 0 fully saturated rings. The molecule has 8 heteroatoms. The van der Waals surface area contributed by atoms with E-state index in [1.54, 1.807) is 5.38 Å². The van der Waals surface area contributed by atoms with Gasteiger partial charge >= 0.3 is 5.97 Å². The molecule has 0 bridgehead atoms. The predicted octanol–water partition coefficient (Wildman–Crippen LogP) is 0.158. The summed E-state index contributed by atoms with van der Waals surface area (Å²) in [6, 6.07) is 0.119. The van der Waals surface area contributed by atoms with Crippen molar-refractivity contribution in [1.29, 1.82) is 0 Å². The molecule has 7 nitrogen and oxygen atoms in total. The Kier molecular flexibility index (Phi) is 3.58. The summed E-state index contributed by atoms with van der Waals surface area (Å²) in [5, 5.41) is 22.4. The van der Waals surface area contributed by atoms with Gasteiger partial charge in [0.2, 0.25) is 6.04 Å². The lowest BCUT2D eigenvalue weighted by molar-refractivity contribution is -0.498. The largest absolute Gasteiger partial charge is 0.480 e. The first-order valence-corrected chi connectivity index (χ1v) is 4.90. The van der Waals surface area contributed by atoms with Gasteiger partial charge in [-0.15, -0.1) is 11.3 Å². The molecular weight excluding hydrogens is 222 g/mol. The maximum absolute atomic E-state index is 10.7. The molecule has 82 valence electrons. The molecule has 0 aliphatic rings. The molecule has 1 aromatic rings. The molecule has 1 rings (SSSR count). The predicted molar refractivity (Wildman–Crippen MR) is 54.3 cm³/mol. The number of carboxylic acids is 1. The number of nitrogens with zero attached hydrogens (tertiary/aromatic N) is 2. The fourth-order valence-corrected chi connectivity index (χ4v) is 1.70. The number of hydrogen-bond acceptors (Lipinski definition) is 5. The minimum absolute atomic E-state index is 0.225. The zero-order valence-electron chi connectivity index (χ0n) is 7.57. The topological polar surface area (TPSA) is 110 Å². The summed E-state index contributed by atoms with van der Waals surface area (Å²) in [6.45, 7) is -0.327. The third kappa shape index (κ3) is 2.42. The van der Waals surface area contributed by atoms with Crippen LogP contribution in [0.15, 0.2) is 16.8 Å². The molecule has 1 heterocycles. The highest BCUT2D eigenvalue weighted by atomic mass is 32.1. The van der Waals surface area contributed by atoms with Crippen LogP contribution < -0.4 is 10.7 Å². The van der Waals surface area contributed by atoms with Crippen LogP contribution in [0.5, 0.6) is 0 Å². The Balaban J connectivity index is 3.02. The number of aliphatic carboxylic acids is 1. The Bertz CT molecular complexity index is 353. The van der Waals surface area contributed by atoms with Gasteiger partial charge in [0.1, 0.15) is 5.69 Å². The zero-order valence-corrected chi connectivity index (χ0v) is 8.38.